The quantitative estimate of drug-likeness (QED) is 0.712. The molecule has 1 saturated carbocycles. The molecule has 8 heteroatoms. The molecule has 0 aromatic carbocycles. The van der Waals surface area contributed by atoms with E-state index in [2.05, 4.69) is 31.3 Å². The number of aliphatic imine (C=N–C) groups is 1. The predicted molar refractivity (Wildman–Crippen MR) is 112 cm³/mol. The van der Waals surface area contributed by atoms with E-state index in [-0.39, 0.29) is 24.1 Å². The average Bonchev–Trinajstić information content (AvgIpc) is 2.96. The number of fused-ring (bicyclic) bond motifs is 2. The number of rotatable bonds is 6. The monoisotopic (exact) mass is 396 g/mol. The van der Waals surface area contributed by atoms with Gasteiger partial charge in [-0.3, -0.25) is 9.79 Å². The van der Waals surface area contributed by atoms with Gasteiger partial charge in [-0.05, 0) is 43.7 Å². The molecule has 1 aromatic rings. The lowest BCUT2D eigenvalue weighted by Crippen LogP contribution is -2.50. The third-order valence-electron chi connectivity index (χ3n) is 6.12. The fourth-order valence-electron chi connectivity index (χ4n) is 4.52. The minimum absolute atomic E-state index is 0.120. The molecule has 8 nitrogen and oxygen atoms in total. The lowest BCUT2D eigenvalue weighted by Gasteiger charge is -2.41. The number of nitrogens with one attached hydrogen (secondary N) is 1. The highest BCUT2D eigenvalue weighted by Crippen LogP contribution is 2.41. The zero-order chi connectivity index (χ0) is 20.4. The lowest BCUT2D eigenvalue weighted by atomic mass is 9.80. The van der Waals surface area contributed by atoms with Gasteiger partial charge in [0.25, 0.3) is 0 Å². The molecule has 3 heterocycles. The Morgan fingerprint density at radius 1 is 1.41 bits per heavy atom. The minimum Gasteiger partial charge on any atom is -0.403 e. The van der Waals surface area contributed by atoms with Crippen LogP contribution < -0.4 is 11.1 Å². The molecule has 1 aliphatic carbocycles. The van der Waals surface area contributed by atoms with Crippen LogP contribution >= 0.6 is 0 Å². The summed E-state index contributed by atoms with van der Waals surface area (Å²) >= 11 is 0. The molecule has 2 aliphatic heterocycles. The Morgan fingerprint density at radius 3 is 2.93 bits per heavy atom. The van der Waals surface area contributed by atoms with E-state index >= 15 is 0 Å². The summed E-state index contributed by atoms with van der Waals surface area (Å²) in [5.41, 5.74) is 8.31. The van der Waals surface area contributed by atoms with Crippen LogP contribution in [-0.2, 0) is 9.53 Å². The van der Waals surface area contributed by atoms with Crippen molar-refractivity contribution < 1.29 is 9.53 Å². The summed E-state index contributed by atoms with van der Waals surface area (Å²) in [6.45, 7) is 0. The van der Waals surface area contributed by atoms with E-state index in [1.165, 1.54) is 11.8 Å². The molecule has 1 aromatic heterocycles. The predicted octanol–water partition coefficient (Wildman–Crippen LogP) is 1.96. The molecule has 2 fully saturated rings. The molecule has 2 unspecified atom stereocenters. The van der Waals surface area contributed by atoms with E-state index in [0.29, 0.717) is 17.6 Å². The van der Waals surface area contributed by atoms with Gasteiger partial charge in [0.05, 0.1) is 23.5 Å². The molecule has 4 rings (SSSR count). The number of carbonyl (C=O) groups is 1. The number of aromatic nitrogens is 2. The number of nitrogens with zero attached hydrogens (tertiary/aromatic N) is 4. The van der Waals surface area contributed by atoms with Gasteiger partial charge >= 0.3 is 0 Å². The molecule has 0 spiro atoms. The molecule has 3 aliphatic rings. The summed E-state index contributed by atoms with van der Waals surface area (Å²) in [5.74, 6) is 0.892. The van der Waals surface area contributed by atoms with Crippen LogP contribution in [0.4, 0.5) is 5.95 Å². The highest BCUT2D eigenvalue weighted by molar-refractivity contribution is 5.83. The van der Waals surface area contributed by atoms with Crippen molar-refractivity contribution in [1.82, 2.24) is 14.9 Å². The number of hydrogen-bond donors (Lipinski definition) is 2. The highest BCUT2D eigenvalue weighted by Gasteiger charge is 2.45. The molecule has 3 N–H and O–H groups in total. The van der Waals surface area contributed by atoms with Crippen LogP contribution in [0.25, 0.3) is 5.57 Å². The Kier molecular flexibility index (Phi) is 5.62. The van der Waals surface area contributed by atoms with Crippen molar-refractivity contribution in [1.29, 1.82) is 0 Å². The Morgan fingerprint density at radius 2 is 2.24 bits per heavy atom. The van der Waals surface area contributed by atoms with E-state index in [1.54, 1.807) is 26.6 Å². The van der Waals surface area contributed by atoms with Gasteiger partial charge in [0.15, 0.2) is 0 Å². The number of ether oxygens (including phenoxy) is 1. The smallest absolute Gasteiger partial charge is 0.227 e. The maximum atomic E-state index is 13.0. The first kappa shape index (κ1) is 19.6. The standard InChI is InChI=1S/C21H28N6O2/c1-23-12-15(11-22)25-21-24-6-5-19(26-21)13-7-16-3-4-17(8-13)27(16)20(28)14-9-18(10-14)29-2/h5-7,11-12,14,16-18H,3-4,8-10,22H2,1-2H3,(H,24,25,26). The summed E-state index contributed by atoms with van der Waals surface area (Å²) in [5, 5.41) is 3.07. The number of methoxy groups -OCH3 is 1. The summed E-state index contributed by atoms with van der Waals surface area (Å²) in [6, 6.07) is 2.34. The van der Waals surface area contributed by atoms with Crippen LogP contribution in [0.15, 0.2) is 35.2 Å². The van der Waals surface area contributed by atoms with Gasteiger partial charge in [0, 0.05) is 44.7 Å². The van der Waals surface area contributed by atoms with Crippen LogP contribution in [-0.4, -0.2) is 59.3 Å². The Hall–Kier alpha value is -2.74. The largest absolute Gasteiger partial charge is 0.403 e. The summed E-state index contributed by atoms with van der Waals surface area (Å²) in [4.78, 5) is 28.0. The van der Waals surface area contributed by atoms with Crippen molar-refractivity contribution in [3.63, 3.8) is 0 Å². The number of allylic oxidation sites excluding steroid dienone is 1. The molecule has 0 radical (unpaired) electrons. The van der Waals surface area contributed by atoms with E-state index in [1.807, 2.05) is 6.07 Å². The first-order chi connectivity index (χ1) is 14.1. The van der Waals surface area contributed by atoms with Gasteiger partial charge in [0.2, 0.25) is 11.9 Å². The van der Waals surface area contributed by atoms with Crippen LogP contribution in [0.3, 0.4) is 0 Å². The number of anilines is 1. The topological polar surface area (TPSA) is 106 Å². The molecule has 2 atom stereocenters. The molecule has 1 amide bonds. The first-order valence-electron chi connectivity index (χ1n) is 10.1. The normalized spacial score (nSPS) is 29.0. The van der Waals surface area contributed by atoms with E-state index < -0.39 is 0 Å². The second kappa shape index (κ2) is 8.32. The number of hydrogen-bond acceptors (Lipinski definition) is 7. The van der Waals surface area contributed by atoms with Crippen molar-refractivity contribution in [3.05, 3.63) is 35.9 Å². The molecule has 1 saturated heterocycles. The number of nitrogens with two attached hydrogens (primary N) is 1. The van der Waals surface area contributed by atoms with Crippen LogP contribution in [0.1, 0.15) is 37.8 Å². The van der Waals surface area contributed by atoms with Crippen molar-refractivity contribution >= 4 is 23.6 Å². The van der Waals surface area contributed by atoms with Gasteiger partial charge in [-0.25, -0.2) is 9.97 Å². The van der Waals surface area contributed by atoms with Gasteiger partial charge in [0.1, 0.15) is 0 Å². The third kappa shape index (κ3) is 3.89. The maximum absolute atomic E-state index is 13.0. The summed E-state index contributed by atoms with van der Waals surface area (Å²) in [6.07, 6.45) is 11.8. The SMILES string of the molecule is CN=CC(=CN)Nc1nccc(C2=CC3CCC(C2)N3C(=O)C2CC(OC)C2)n1. The Labute approximate surface area is 170 Å². The highest BCUT2D eigenvalue weighted by atomic mass is 16.5. The molecule has 29 heavy (non-hydrogen) atoms. The number of amides is 1. The Bertz CT molecular complexity index is 858. The van der Waals surface area contributed by atoms with E-state index in [4.69, 9.17) is 10.5 Å². The third-order valence-corrected chi connectivity index (χ3v) is 6.12. The minimum atomic E-state index is 0.120. The fraction of sp³-hybridized carbons (Fsp3) is 0.524. The fourth-order valence-corrected chi connectivity index (χ4v) is 4.52. The number of carbonyl (C=O) groups excluding carboxylic acids is 1. The van der Waals surface area contributed by atoms with Crippen molar-refractivity contribution in [3.8, 4) is 0 Å². The second-order valence-corrected chi connectivity index (χ2v) is 7.87. The molecule has 2 bridgehead atoms. The van der Waals surface area contributed by atoms with Crippen LogP contribution in [0, 0.1) is 5.92 Å². The summed E-state index contributed by atoms with van der Waals surface area (Å²) in [7, 11) is 3.40. The lowest BCUT2D eigenvalue weighted by molar-refractivity contribution is -0.145. The van der Waals surface area contributed by atoms with Gasteiger partial charge in [-0.2, -0.15) is 0 Å². The van der Waals surface area contributed by atoms with Crippen LogP contribution in [0.2, 0.25) is 0 Å². The first-order valence-corrected chi connectivity index (χ1v) is 10.1. The zero-order valence-electron chi connectivity index (χ0n) is 16.9. The molecular weight excluding hydrogens is 368 g/mol. The van der Waals surface area contributed by atoms with Crippen molar-refractivity contribution in [2.24, 2.45) is 16.6 Å². The summed E-state index contributed by atoms with van der Waals surface area (Å²) < 4.78 is 5.34. The zero-order valence-corrected chi connectivity index (χ0v) is 16.9. The second-order valence-electron chi connectivity index (χ2n) is 7.87. The Balaban J connectivity index is 1.49. The molecule has 154 valence electrons. The van der Waals surface area contributed by atoms with Crippen molar-refractivity contribution in [2.45, 2.75) is 50.3 Å². The van der Waals surface area contributed by atoms with Crippen LogP contribution in [0.5, 0.6) is 0 Å². The van der Waals surface area contributed by atoms with Gasteiger partial charge < -0.3 is 20.7 Å². The molecular formula is C21H28N6O2. The van der Waals surface area contributed by atoms with Gasteiger partial charge in [-0.1, -0.05) is 6.08 Å². The van der Waals surface area contributed by atoms with Crippen molar-refractivity contribution in [2.75, 3.05) is 19.5 Å². The average molecular weight is 396 g/mol. The van der Waals surface area contributed by atoms with E-state index in [0.717, 1.165) is 37.8 Å². The maximum Gasteiger partial charge on any atom is 0.227 e. The van der Waals surface area contributed by atoms with Gasteiger partial charge in [-0.15, -0.1) is 0 Å². The van der Waals surface area contributed by atoms with E-state index in [9.17, 15) is 4.79 Å².